The van der Waals surface area contributed by atoms with E-state index >= 15 is 0 Å². The molecule has 0 spiro atoms. The van der Waals surface area contributed by atoms with Crippen LogP contribution in [0.2, 0.25) is 0 Å². The van der Waals surface area contributed by atoms with Gasteiger partial charge in [0.05, 0.1) is 19.1 Å². The van der Waals surface area contributed by atoms with Gasteiger partial charge in [0, 0.05) is 6.61 Å². The van der Waals surface area contributed by atoms with Crippen molar-refractivity contribution in [1.29, 1.82) is 0 Å². The first kappa shape index (κ1) is 13.4. The molecule has 0 aliphatic heterocycles. The largest absolute Gasteiger partial charge is 0.469 e. The smallest absolute Gasteiger partial charge is 0.308 e. The molecule has 0 aromatic carbocycles. The van der Waals surface area contributed by atoms with E-state index in [2.05, 4.69) is 11.7 Å². The zero-order valence-electron chi connectivity index (χ0n) is 9.71. The maximum atomic E-state index is 11.1. The molecule has 3 nitrogen and oxygen atoms in total. The van der Waals surface area contributed by atoms with Crippen LogP contribution in [-0.4, -0.2) is 25.8 Å². The maximum absolute atomic E-state index is 11.1. The Kier molecular flexibility index (Phi) is 7.48. The molecule has 14 heavy (non-hydrogen) atoms. The minimum Gasteiger partial charge on any atom is -0.469 e. The lowest BCUT2D eigenvalue weighted by Crippen LogP contribution is -2.17. The molecule has 0 fully saturated rings. The van der Waals surface area contributed by atoms with E-state index in [9.17, 15) is 4.79 Å². The molecule has 3 heteroatoms. The van der Waals surface area contributed by atoms with Gasteiger partial charge in [-0.05, 0) is 26.2 Å². The third-order valence-electron chi connectivity index (χ3n) is 2.38. The molecule has 0 amide bonds. The first-order valence-corrected chi connectivity index (χ1v) is 5.35. The van der Waals surface area contributed by atoms with Crippen LogP contribution < -0.4 is 0 Å². The van der Waals surface area contributed by atoms with Gasteiger partial charge in [-0.3, -0.25) is 4.79 Å². The quantitative estimate of drug-likeness (QED) is 0.595. The third kappa shape index (κ3) is 5.22. The van der Waals surface area contributed by atoms with Gasteiger partial charge in [-0.2, -0.15) is 0 Å². The highest BCUT2D eigenvalue weighted by Crippen LogP contribution is 2.13. The van der Waals surface area contributed by atoms with Crippen molar-refractivity contribution in [3.05, 3.63) is 0 Å². The highest BCUT2D eigenvalue weighted by Gasteiger charge is 2.15. The van der Waals surface area contributed by atoms with Crippen LogP contribution in [0.5, 0.6) is 0 Å². The summed E-state index contributed by atoms with van der Waals surface area (Å²) in [6, 6.07) is 0. The Balaban J connectivity index is 3.72. The molecule has 0 aromatic heterocycles. The highest BCUT2D eigenvalue weighted by atomic mass is 16.5. The van der Waals surface area contributed by atoms with Crippen molar-refractivity contribution < 1.29 is 14.3 Å². The van der Waals surface area contributed by atoms with E-state index in [4.69, 9.17) is 4.74 Å². The Labute approximate surface area is 86.8 Å². The molecular weight excluding hydrogens is 180 g/mol. The summed E-state index contributed by atoms with van der Waals surface area (Å²) in [5, 5.41) is 0. The van der Waals surface area contributed by atoms with Crippen molar-refractivity contribution in [3.63, 3.8) is 0 Å². The second-order valence-electron chi connectivity index (χ2n) is 3.49. The predicted octanol–water partition coefficient (Wildman–Crippen LogP) is 2.39. The molecule has 2 unspecified atom stereocenters. The Bertz CT molecular complexity index is 157. The van der Waals surface area contributed by atoms with Crippen LogP contribution in [0.4, 0.5) is 0 Å². The van der Waals surface area contributed by atoms with Crippen LogP contribution >= 0.6 is 0 Å². The standard InChI is InChI=1S/C11H22O3/c1-5-10(14-6-2)8-7-9(3)11(12)13-4/h9-10H,5-8H2,1-4H3. The van der Waals surface area contributed by atoms with Crippen molar-refractivity contribution >= 4 is 5.97 Å². The first-order valence-electron chi connectivity index (χ1n) is 5.35. The fourth-order valence-electron chi connectivity index (χ4n) is 1.40. The van der Waals surface area contributed by atoms with E-state index in [1.807, 2.05) is 13.8 Å². The van der Waals surface area contributed by atoms with Gasteiger partial charge in [-0.1, -0.05) is 13.8 Å². The fourth-order valence-corrected chi connectivity index (χ4v) is 1.40. The summed E-state index contributed by atoms with van der Waals surface area (Å²) in [4.78, 5) is 11.1. The first-order chi connectivity index (χ1) is 6.65. The van der Waals surface area contributed by atoms with Crippen LogP contribution in [0.1, 0.15) is 40.0 Å². The lowest BCUT2D eigenvalue weighted by atomic mass is 10.0. The Morgan fingerprint density at radius 3 is 2.36 bits per heavy atom. The molecule has 0 aromatic rings. The highest BCUT2D eigenvalue weighted by molar-refractivity contribution is 5.71. The third-order valence-corrected chi connectivity index (χ3v) is 2.38. The minimum atomic E-state index is -0.128. The maximum Gasteiger partial charge on any atom is 0.308 e. The molecule has 0 radical (unpaired) electrons. The number of carbonyl (C=O) groups excluding carboxylic acids is 1. The predicted molar refractivity (Wildman–Crippen MR) is 56.1 cm³/mol. The van der Waals surface area contributed by atoms with Gasteiger partial charge in [0.15, 0.2) is 0 Å². The molecule has 0 bridgehead atoms. The van der Waals surface area contributed by atoms with Crippen LogP contribution in [0.25, 0.3) is 0 Å². The van der Waals surface area contributed by atoms with Gasteiger partial charge in [-0.15, -0.1) is 0 Å². The van der Waals surface area contributed by atoms with Crippen molar-refractivity contribution in [2.45, 2.75) is 46.1 Å². The van der Waals surface area contributed by atoms with Crippen LogP contribution in [-0.2, 0) is 14.3 Å². The minimum absolute atomic E-state index is 0.0190. The van der Waals surface area contributed by atoms with Gasteiger partial charge in [-0.25, -0.2) is 0 Å². The number of methoxy groups -OCH3 is 1. The fraction of sp³-hybridized carbons (Fsp3) is 0.909. The molecule has 0 rings (SSSR count). The van der Waals surface area contributed by atoms with E-state index < -0.39 is 0 Å². The summed E-state index contributed by atoms with van der Waals surface area (Å²) in [5.74, 6) is -0.147. The molecule has 84 valence electrons. The molecule has 0 heterocycles. The lowest BCUT2D eigenvalue weighted by molar-refractivity contribution is -0.145. The van der Waals surface area contributed by atoms with E-state index in [1.54, 1.807) is 0 Å². The number of hydrogen-bond acceptors (Lipinski definition) is 3. The monoisotopic (exact) mass is 202 g/mol. The molecular formula is C11H22O3. The molecule has 0 aliphatic rings. The summed E-state index contributed by atoms with van der Waals surface area (Å²) in [6.07, 6.45) is 3.06. The average Bonchev–Trinajstić information content (AvgIpc) is 2.22. The van der Waals surface area contributed by atoms with Gasteiger partial charge in [0.25, 0.3) is 0 Å². The summed E-state index contributed by atoms with van der Waals surface area (Å²) in [6.45, 7) is 6.73. The van der Waals surface area contributed by atoms with Crippen molar-refractivity contribution in [2.75, 3.05) is 13.7 Å². The van der Waals surface area contributed by atoms with Crippen molar-refractivity contribution in [2.24, 2.45) is 5.92 Å². The Hall–Kier alpha value is -0.570. The van der Waals surface area contributed by atoms with Gasteiger partial charge < -0.3 is 9.47 Å². The Morgan fingerprint density at radius 2 is 1.93 bits per heavy atom. The van der Waals surface area contributed by atoms with E-state index in [1.165, 1.54) is 7.11 Å². The van der Waals surface area contributed by atoms with Gasteiger partial charge in [0.2, 0.25) is 0 Å². The number of carbonyl (C=O) groups is 1. The average molecular weight is 202 g/mol. The summed E-state index contributed by atoms with van der Waals surface area (Å²) < 4.78 is 10.2. The number of rotatable bonds is 7. The van der Waals surface area contributed by atoms with Crippen LogP contribution in [0.3, 0.4) is 0 Å². The number of esters is 1. The van der Waals surface area contributed by atoms with Gasteiger partial charge in [0.1, 0.15) is 0 Å². The van der Waals surface area contributed by atoms with Crippen molar-refractivity contribution in [1.82, 2.24) is 0 Å². The normalized spacial score (nSPS) is 14.9. The second-order valence-corrected chi connectivity index (χ2v) is 3.49. The molecule has 2 atom stereocenters. The van der Waals surface area contributed by atoms with Crippen LogP contribution in [0, 0.1) is 5.92 Å². The lowest BCUT2D eigenvalue weighted by Gasteiger charge is -2.16. The molecule has 0 N–H and O–H groups in total. The SMILES string of the molecule is CCOC(CC)CCC(C)C(=O)OC. The summed E-state index contributed by atoms with van der Waals surface area (Å²) >= 11 is 0. The van der Waals surface area contributed by atoms with E-state index in [0.29, 0.717) is 0 Å². The van der Waals surface area contributed by atoms with Gasteiger partial charge >= 0.3 is 5.97 Å². The topological polar surface area (TPSA) is 35.5 Å². The zero-order chi connectivity index (χ0) is 11.0. The van der Waals surface area contributed by atoms with Crippen molar-refractivity contribution in [3.8, 4) is 0 Å². The zero-order valence-corrected chi connectivity index (χ0v) is 9.71. The number of ether oxygens (including phenoxy) is 2. The second kappa shape index (κ2) is 7.80. The molecule has 0 saturated carbocycles. The summed E-state index contributed by atoms with van der Waals surface area (Å²) in [5.41, 5.74) is 0. The Morgan fingerprint density at radius 1 is 1.29 bits per heavy atom. The summed E-state index contributed by atoms with van der Waals surface area (Å²) in [7, 11) is 1.43. The number of hydrogen-bond donors (Lipinski definition) is 0. The molecule has 0 aliphatic carbocycles. The van der Waals surface area contributed by atoms with E-state index in [-0.39, 0.29) is 18.0 Å². The van der Waals surface area contributed by atoms with E-state index in [0.717, 1.165) is 25.9 Å². The molecule has 0 saturated heterocycles. The van der Waals surface area contributed by atoms with Crippen LogP contribution in [0.15, 0.2) is 0 Å².